The molecule has 6 nitrogen and oxygen atoms in total. The van der Waals surface area contributed by atoms with Crippen LogP contribution in [0.1, 0.15) is 0 Å². The highest BCUT2D eigenvalue weighted by atomic mass is 32.2. The van der Waals surface area contributed by atoms with Crippen molar-refractivity contribution in [3.8, 4) is 0 Å². The van der Waals surface area contributed by atoms with Gasteiger partial charge in [0.1, 0.15) is 10.7 Å². The Balaban J connectivity index is 2.27. The van der Waals surface area contributed by atoms with Crippen LogP contribution in [0.4, 0.5) is 16.0 Å². The van der Waals surface area contributed by atoms with E-state index in [0.29, 0.717) is 0 Å². The molecule has 1 heterocycles. The zero-order chi connectivity index (χ0) is 13.2. The summed E-state index contributed by atoms with van der Waals surface area (Å²) in [6.07, 6.45) is 2.18. The van der Waals surface area contributed by atoms with E-state index in [1.54, 1.807) is 0 Å². The molecule has 18 heavy (non-hydrogen) atoms. The summed E-state index contributed by atoms with van der Waals surface area (Å²) < 4.78 is 38.7. The van der Waals surface area contributed by atoms with Crippen molar-refractivity contribution in [3.05, 3.63) is 42.5 Å². The highest BCUT2D eigenvalue weighted by Gasteiger charge is 2.15. The van der Waals surface area contributed by atoms with Gasteiger partial charge in [0, 0.05) is 5.69 Å². The monoisotopic (exact) mass is 268 g/mol. The van der Waals surface area contributed by atoms with E-state index >= 15 is 0 Å². The van der Waals surface area contributed by atoms with Crippen molar-refractivity contribution in [2.75, 3.05) is 10.5 Å². The van der Waals surface area contributed by atoms with Gasteiger partial charge in [-0.25, -0.2) is 22.8 Å². The highest BCUT2D eigenvalue weighted by molar-refractivity contribution is 7.92. The van der Waals surface area contributed by atoms with Gasteiger partial charge in [-0.3, -0.25) is 4.72 Å². The molecule has 0 unspecified atom stereocenters. The van der Waals surface area contributed by atoms with E-state index in [1.807, 2.05) is 0 Å². The molecule has 0 saturated carbocycles. The van der Waals surface area contributed by atoms with Crippen LogP contribution in [-0.2, 0) is 10.0 Å². The van der Waals surface area contributed by atoms with Gasteiger partial charge in [0.15, 0.2) is 0 Å². The standard InChI is InChI=1S/C10H9FN4O2S/c11-7-1-3-8(4-2-7)15-18(16,17)9-5-13-10(12)14-6-9/h1-6,15H,(H2,12,13,14). The van der Waals surface area contributed by atoms with Gasteiger partial charge < -0.3 is 5.73 Å². The summed E-state index contributed by atoms with van der Waals surface area (Å²) in [4.78, 5) is 7.05. The SMILES string of the molecule is Nc1ncc(S(=O)(=O)Nc2ccc(F)cc2)cn1. The van der Waals surface area contributed by atoms with Crippen LogP contribution in [0.2, 0.25) is 0 Å². The van der Waals surface area contributed by atoms with Crippen LogP contribution < -0.4 is 10.5 Å². The van der Waals surface area contributed by atoms with Crippen molar-refractivity contribution < 1.29 is 12.8 Å². The molecule has 0 fully saturated rings. The average molecular weight is 268 g/mol. The molecule has 1 aromatic carbocycles. The number of nitrogens with two attached hydrogens (primary N) is 1. The highest BCUT2D eigenvalue weighted by Crippen LogP contribution is 2.15. The van der Waals surface area contributed by atoms with Crippen LogP contribution in [-0.4, -0.2) is 18.4 Å². The summed E-state index contributed by atoms with van der Waals surface area (Å²) in [5.74, 6) is -0.468. The second-order valence-electron chi connectivity index (χ2n) is 3.39. The minimum Gasteiger partial charge on any atom is -0.368 e. The van der Waals surface area contributed by atoms with Crippen LogP contribution in [0.25, 0.3) is 0 Å². The zero-order valence-corrected chi connectivity index (χ0v) is 9.86. The predicted octanol–water partition coefficient (Wildman–Crippen LogP) is 0.999. The molecule has 0 spiro atoms. The summed E-state index contributed by atoms with van der Waals surface area (Å²) in [6, 6.07) is 4.92. The maximum atomic E-state index is 12.7. The van der Waals surface area contributed by atoms with Crippen LogP contribution in [0.3, 0.4) is 0 Å². The van der Waals surface area contributed by atoms with Gasteiger partial charge in [0.2, 0.25) is 5.95 Å². The van der Waals surface area contributed by atoms with E-state index in [9.17, 15) is 12.8 Å². The lowest BCUT2D eigenvalue weighted by molar-refractivity contribution is 0.600. The van der Waals surface area contributed by atoms with E-state index < -0.39 is 15.8 Å². The first-order valence-corrected chi connectivity index (χ1v) is 6.31. The molecule has 0 atom stereocenters. The molecular formula is C10H9FN4O2S. The van der Waals surface area contributed by atoms with Crippen LogP contribution >= 0.6 is 0 Å². The molecule has 0 aliphatic rings. The Morgan fingerprint density at radius 1 is 1.11 bits per heavy atom. The summed E-state index contributed by atoms with van der Waals surface area (Å²) in [5.41, 5.74) is 5.50. The fourth-order valence-electron chi connectivity index (χ4n) is 1.20. The first-order valence-electron chi connectivity index (χ1n) is 4.83. The van der Waals surface area contributed by atoms with Crippen molar-refractivity contribution in [3.63, 3.8) is 0 Å². The lowest BCUT2D eigenvalue weighted by Gasteiger charge is -2.07. The van der Waals surface area contributed by atoms with E-state index in [0.717, 1.165) is 24.5 Å². The Kier molecular flexibility index (Phi) is 3.11. The average Bonchev–Trinajstić information content (AvgIpc) is 2.32. The lowest BCUT2D eigenvalue weighted by atomic mass is 10.3. The number of sulfonamides is 1. The summed E-state index contributed by atoms with van der Waals surface area (Å²) in [6.45, 7) is 0. The summed E-state index contributed by atoms with van der Waals surface area (Å²) >= 11 is 0. The Bertz CT molecular complexity index is 641. The maximum Gasteiger partial charge on any atom is 0.264 e. The fraction of sp³-hybridized carbons (Fsp3) is 0. The first-order chi connectivity index (χ1) is 8.47. The van der Waals surface area contributed by atoms with E-state index in [1.165, 1.54) is 12.1 Å². The predicted molar refractivity (Wildman–Crippen MR) is 63.7 cm³/mol. The number of halogens is 1. The number of nitrogens with one attached hydrogen (secondary N) is 1. The van der Waals surface area contributed by atoms with Gasteiger partial charge in [-0.2, -0.15) is 0 Å². The number of benzene rings is 1. The molecule has 94 valence electrons. The van der Waals surface area contributed by atoms with Gasteiger partial charge in [-0.15, -0.1) is 0 Å². The molecule has 2 rings (SSSR count). The van der Waals surface area contributed by atoms with Gasteiger partial charge in [0.25, 0.3) is 10.0 Å². The normalized spacial score (nSPS) is 11.2. The molecule has 1 aromatic heterocycles. The van der Waals surface area contributed by atoms with Gasteiger partial charge in [0.05, 0.1) is 12.4 Å². The Morgan fingerprint density at radius 2 is 1.67 bits per heavy atom. The van der Waals surface area contributed by atoms with Crippen molar-refractivity contribution in [1.29, 1.82) is 0 Å². The second kappa shape index (κ2) is 4.57. The summed E-state index contributed by atoms with van der Waals surface area (Å²) in [7, 11) is -3.80. The van der Waals surface area contributed by atoms with Crippen molar-refractivity contribution in [2.24, 2.45) is 0 Å². The third-order valence-electron chi connectivity index (χ3n) is 2.05. The van der Waals surface area contributed by atoms with Crippen molar-refractivity contribution >= 4 is 21.7 Å². The topological polar surface area (TPSA) is 98.0 Å². The van der Waals surface area contributed by atoms with Crippen LogP contribution in [0.15, 0.2) is 41.6 Å². The van der Waals surface area contributed by atoms with E-state index in [-0.39, 0.29) is 16.5 Å². The molecule has 3 N–H and O–H groups in total. The number of nitrogens with zero attached hydrogens (tertiary/aromatic N) is 2. The molecule has 0 aliphatic heterocycles. The van der Waals surface area contributed by atoms with E-state index in [2.05, 4.69) is 14.7 Å². The zero-order valence-electron chi connectivity index (χ0n) is 9.04. The second-order valence-corrected chi connectivity index (χ2v) is 5.07. The molecule has 0 radical (unpaired) electrons. The molecule has 0 bridgehead atoms. The molecule has 0 amide bonds. The molecular weight excluding hydrogens is 259 g/mol. The van der Waals surface area contributed by atoms with Gasteiger partial charge >= 0.3 is 0 Å². The molecule has 0 aliphatic carbocycles. The third-order valence-corrected chi connectivity index (χ3v) is 3.39. The number of hydrogen-bond acceptors (Lipinski definition) is 5. The largest absolute Gasteiger partial charge is 0.368 e. The van der Waals surface area contributed by atoms with Crippen LogP contribution in [0, 0.1) is 5.82 Å². The van der Waals surface area contributed by atoms with Gasteiger partial charge in [-0.05, 0) is 24.3 Å². The number of anilines is 2. The van der Waals surface area contributed by atoms with E-state index in [4.69, 9.17) is 5.73 Å². The minimum absolute atomic E-state index is 0.0178. The molecule has 8 heteroatoms. The fourth-order valence-corrected chi connectivity index (χ4v) is 2.14. The van der Waals surface area contributed by atoms with Crippen molar-refractivity contribution in [1.82, 2.24) is 9.97 Å². The van der Waals surface area contributed by atoms with Gasteiger partial charge in [-0.1, -0.05) is 0 Å². The lowest BCUT2D eigenvalue weighted by Crippen LogP contribution is -2.14. The number of rotatable bonds is 3. The Labute approximate surface area is 103 Å². The number of hydrogen-bond donors (Lipinski definition) is 2. The molecule has 2 aromatic rings. The summed E-state index contributed by atoms with van der Waals surface area (Å²) in [5, 5.41) is 0. The smallest absolute Gasteiger partial charge is 0.264 e. The first kappa shape index (κ1) is 12.2. The third kappa shape index (κ3) is 2.72. The maximum absolute atomic E-state index is 12.7. The number of aromatic nitrogens is 2. The quantitative estimate of drug-likeness (QED) is 0.865. The Hall–Kier alpha value is -2.22. The Morgan fingerprint density at radius 3 is 2.22 bits per heavy atom. The minimum atomic E-state index is -3.80. The van der Waals surface area contributed by atoms with Crippen LogP contribution in [0.5, 0.6) is 0 Å². The number of nitrogen functional groups attached to an aromatic ring is 1. The van der Waals surface area contributed by atoms with Crippen molar-refractivity contribution in [2.45, 2.75) is 4.90 Å². The molecule has 0 saturated heterocycles.